The maximum Gasteiger partial charge on any atom is 0.162 e. The van der Waals surface area contributed by atoms with Gasteiger partial charge in [-0.25, -0.2) is 0 Å². The largest absolute Gasteiger partial charge is 0.386 e. The normalized spacial score (nSPS) is 35.6. The summed E-state index contributed by atoms with van der Waals surface area (Å²) < 4.78 is 0. The van der Waals surface area contributed by atoms with E-state index in [0.717, 1.165) is 37.7 Å². The molecule has 1 N–H and O–H groups in total. The first-order chi connectivity index (χ1) is 10.1. The summed E-state index contributed by atoms with van der Waals surface area (Å²) in [6.45, 7) is 10.0. The molecule has 2 aliphatic rings. The van der Waals surface area contributed by atoms with Gasteiger partial charge in [0.25, 0.3) is 0 Å². The number of allylic oxidation sites excluding steroid dienone is 5. The summed E-state index contributed by atoms with van der Waals surface area (Å²) >= 11 is 0. The van der Waals surface area contributed by atoms with Gasteiger partial charge in [-0.05, 0) is 77.4 Å². The first-order valence-electron chi connectivity index (χ1n) is 8.45. The van der Waals surface area contributed by atoms with Gasteiger partial charge in [0.05, 0.1) is 5.60 Å². The third-order valence-corrected chi connectivity index (χ3v) is 5.43. The van der Waals surface area contributed by atoms with Gasteiger partial charge in [0, 0.05) is 5.41 Å². The molecule has 0 aromatic carbocycles. The highest BCUT2D eigenvalue weighted by Gasteiger charge is 2.48. The van der Waals surface area contributed by atoms with E-state index in [0.29, 0.717) is 0 Å². The molecule has 2 atom stereocenters. The van der Waals surface area contributed by atoms with Crippen LogP contribution in [0.15, 0.2) is 34.9 Å². The van der Waals surface area contributed by atoms with E-state index in [1.165, 1.54) is 11.1 Å². The number of fused-ring (bicyclic) bond motifs is 1. The molecule has 0 unspecified atom stereocenters. The minimum atomic E-state index is -0.922. The number of rotatable bonds is 1. The van der Waals surface area contributed by atoms with Crippen LogP contribution >= 0.6 is 0 Å². The van der Waals surface area contributed by atoms with Gasteiger partial charge in [-0.15, -0.1) is 0 Å². The zero-order valence-electron chi connectivity index (χ0n) is 14.7. The third kappa shape index (κ3) is 3.43. The predicted octanol–water partition coefficient (Wildman–Crippen LogP) is 4.75. The molecule has 2 nitrogen and oxygen atoms in total. The molecule has 0 bridgehead atoms. The molecule has 0 heterocycles. The van der Waals surface area contributed by atoms with Crippen molar-refractivity contribution in [3.63, 3.8) is 0 Å². The van der Waals surface area contributed by atoms with Crippen molar-refractivity contribution in [2.24, 2.45) is 11.3 Å². The van der Waals surface area contributed by atoms with E-state index in [-0.39, 0.29) is 11.7 Å². The Bertz CT molecular complexity index is 543. The van der Waals surface area contributed by atoms with E-state index in [1.54, 1.807) is 19.9 Å². The molecule has 2 heteroatoms. The molecular weight excluding hydrogens is 272 g/mol. The smallest absolute Gasteiger partial charge is 0.162 e. The van der Waals surface area contributed by atoms with Crippen LogP contribution in [0.5, 0.6) is 0 Å². The molecular formula is C20H30O2. The summed E-state index contributed by atoms with van der Waals surface area (Å²) in [5, 5.41) is 10.5. The predicted molar refractivity (Wildman–Crippen MR) is 91.6 cm³/mol. The molecule has 0 aromatic rings. The monoisotopic (exact) mass is 302 g/mol. The summed E-state index contributed by atoms with van der Waals surface area (Å²) in [7, 11) is 0. The number of carbonyl (C=O) groups excluding carboxylic acids is 1. The Balaban J connectivity index is 2.41. The topological polar surface area (TPSA) is 37.3 Å². The summed E-state index contributed by atoms with van der Waals surface area (Å²) in [5.41, 5.74) is 2.34. The van der Waals surface area contributed by atoms with E-state index < -0.39 is 11.0 Å². The fourth-order valence-electron chi connectivity index (χ4n) is 3.75. The summed E-state index contributed by atoms with van der Waals surface area (Å²) in [5.74, 6) is 0.310. The highest BCUT2D eigenvalue weighted by Crippen LogP contribution is 2.49. The molecule has 0 radical (unpaired) electrons. The lowest BCUT2D eigenvalue weighted by Gasteiger charge is -2.35. The van der Waals surface area contributed by atoms with Gasteiger partial charge in [-0.2, -0.15) is 0 Å². The van der Waals surface area contributed by atoms with Crippen LogP contribution in [-0.2, 0) is 4.79 Å². The Hall–Kier alpha value is -1.15. The van der Waals surface area contributed by atoms with Crippen molar-refractivity contribution in [3.05, 3.63) is 34.9 Å². The van der Waals surface area contributed by atoms with E-state index >= 15 is 0 Å². The van der Waals surface area contributed by atoms with Crippen molar-refractivity contribution >= 4 is 5.78 Å². The van der Waals surface area contributed by atoms with Crippen molar-refractivity contribution in [3.8, 4) is 0 Å². The zero-order valence-corrected chi connectivity index (χ0v) is 14.7. The van der Waals surface area contributed by atoms with Crippen molar-refractivity contribution in [1.82, 2.24) is 0 Å². The van der Waals surface area contributed by atoms with Crippen molar-refractivity contribution in [2.75, 3.05) is 0 Å². The molecule has 122 valence electrons. The van der Waals surface area contributed by atoms with Gasteiger partial charge in [0.15, 0.2) is 5.78 Å². The zero-order chi connectivity index (χ0) is 16.5. The van der Waals surface area contributed by atoms with Crippen LogP contribution in [-0.4, -0.2) is 16.5 Å². The number of ketones is 1. The second-order valence-corrected chi connectivity index (χ2v) is 7.88. The number of aliphatic hydroxyl groups is 1. The van der Waals surface area contributed by atoms with Crippen LogP contribution in [0.1, 0.15) is 66.7 Å². The number of carbonyl (C=O) groups is 1. The van der Waals surface area contributed by atoms with Gasteiger partial charge in [0.2, 0.25) is 0 Å². The Kier molecular flexibility index (Phi) is 4.81. The Morgan fingerprint density at radius 1 is 1.18 bits per heavy atom. The molecule has 0 fully saturated rings. The van der Waals surface area contributed by atoms with Gasteiger partial charge < -0.3 is 5.11 Å². The lowest BCUT2D eigenvalue weighted by Crippen LogP contribution is -2.35. The summed E-state index contributed by atoms with van der Waals surface area (Å²) in [4.78, 5) is 12.7. The van der Waals surface area contributed by atoms with E-state index in [1.807, 2.05) is 0 Å². The quantitative estimate of drug-likeness (QED) is 0.710. The highest BCUT2D eigenvalue weighted by molar-refractivity contribution is 5.99. The molecule has 2 aliphatic carbocycles. The Morgan fingerprint density at radius 3 is 2.45 bits per heavy atom. The average Bonchev–Trinajstić information content (AvgIpc) is 2.65. The van der Waals surface area contributed by atoms with Crippen LogP contribution in [0.25, 0.3) is 0 Å². The number of hydrogen-bond acceptors (Lipinski definition) is 2. The van der Waals surface area contributed by atoms with Crippen molar-refractivity contribution in [2.45, 2.75) is 72.3 Å². The summed E-state index contributed by atoms with van der Waals surface area (Å²) in [6, 6.07) is 0. The maximum absolute atomic E-state index is 12.7. The minimum absolute atomic E-state index is 0.130. The lowest BCUT2D eigenvalue weighted by atomic mass is 9.69. The average molecular weight is 302 g/mol. The second kappa shape index (κ2) is 6.16. The Labute approximate surface area is 135 Å². The minimum Gasteiger partial charge on any atom is -0.386 e. The lowest BCUT2D eigenvalue weighted by molar-refractivity contribution is -0.123. The Morgan fingerprint density at radius 2 is 1.82 bits per heavy atom. The molecule has 0 aromatic heterocycles. The molecule has 0 saturated carbocycles. The van der Waals surface area contributed by atoms with Crippen LogP contribution in [0, 0.1) is 11.3 Å². The standard InChI is InChI=1S/C20H30O2/c1-14-7-6-8-15(2)11-12-20(5)16(10-9-14)17(13-18(20)21)19(3,4)22/h7,11,13,16,22H,6,8-10,12H2,1-5H3/b14-7-,15-11-/t16-,20+/m0/s1. The maximum atomic E-state index is 12.7. The fraction of sp³-hybridized carbons (Fsp3) is 0.650. The van der Waals surface area contributed by atoms with E-state index in [4.69, 9.17) is 0 Å². The van der Waals surface area contributed by atoms with E-state index in [2.05, 4.69) is 32.9 Å². The molecule has 0 saturated heterocycles. The van der Waals surface area contributed by atoms with Gasteiger partial charge in [-0.3, -0.25) is 4.79 Å². The second-order valence-electron chi connectivity index (χ2n) is 7.88. The first-order valence-corrected chi connectivity index (χ1v) is 8.45. The van der Waals surface area contributed by atoms with Crippen molar-refractivity contribution < 1.29 is 9.90 Å². The van der Waals surface area contributed by atoms with Crippen LogP contribution in [0.2, 0.25) is 0 Å². The van der Waals surface area contributed by atoms with Gasteiger partial charge in [-0.1, -0.05) is 30.2 Å². The first kappa shape index (κ1) is 17.2. The summed E-state index contributed by atoms with van der Waals surface area (Å²) in [6.07, 6.45) is 11.1. The highest BCUT2D eigenvalue weighted by atomic mass is 16.3. The van der Waals surface area contributed by atoms with Crippen LogP contribution < -0.4 is 0 Å². The molecule has 0 amide bonds. The fourth-order valence-corrected chi connectivity index (χ4v) is 3.75. The van der Waals surface area contributed by atoms with Crippen molar-refractivity contribution in [1.29, 1.82) is 0 Å². The van der Waals surface area contributed by atoms with Crippen LogP contribution in [0.3, 0.4) is 0 Å². The van der Waals surface area contributed by atoms with Crippen LogP contribution in [0.4, 0.5) is 0 Å². The van der Waals surface area contributed by atoms with E-state index in [9.17, 15) is 9.90 Å². The molecule has 2 rings (SSSR count). The SMILES string of the molecule is C/C1=C/C[C@@]2(C)C(=O)C=C(C(C)(C)O)[C@@H]2CC/C(C)=C\CC1. The number of hydrogen-bond donors (Lipinski definition) is 1. The van der Waals surface area contributed by atoms with Gasteiger partial charge >= 0.3 is 0 Å². The molecule has 22 heavy (non-hydrogen) atoms. The molecule has 0 spiro atoms. The van der Waals surface area contributed by atoms with Gasteiger partial charge in [0.1, 0.15) is 0 Å². The third-order valence-electron chi connectivity index (χ3n) is 5.43. The molecule has 0 aliphatic heterocycles.